The van der Waals surface area contributed by atoms with Gasteiger partial charge >= 0.3 is 0 Å². The normalized spacial score (nSPS) is 10.7. The Morgan fingerprint density at radius 2 is 1.30 bits per heavy atom. The van der Waals surface area contributed by atoms with Crippen molar-refractivity contribution >= 4 is 75.9 Å². The zero-order chi connectivity index (χ0) is 15.0. The third-order valence-electron chi connectivity index (χ3n) is 2.47. The van der Waals surface area contributed by atoms with Crippen LogP contribution in [0.3, 0.4) is 0 Å². The Morgan fingerprint density at radius 1 is 0.800 bits per heavy atom. The number of pyridine rings is 1. The highest BCUT2D eigenvalue weighted by Gasteiger charge is 2.23. The minimum absolute atomic E-state index is 0.0244. The molecule has 20 heavy (non-hydrogen) atoms. The molecular formula is C12H3Cl6NO. The summed E-state index contributed by atoms with van der Waals surface area (Å²) in [4.78, 5) is 15.2. The lowest BCUT2D eigenvalue weighted by molar-refractivity contribution is 0.112. The maximum atomic E-state index is 11.1. The summed E-state index contributed by atoms with van der Waals surface area (Å²) in [5.74, 6) is 0. The van der Waals surface area contributed by atoms with Crippen LogP contribution in [-0.4, -0.2) is 11.3 Å². The van der Waals surface area contributed by atoms with Crippen molar-refractivity contribution < 1.29 is 4.79 Å². The Bertz CT molecular complexity index is 687. The van der Waals surface area contributed by atoms with Crippen LogP contribution in [0.4, 0.5) is 0 Å². The number of rotatable bonds is 2. The molecule has 104 valence electrons. The van der Waals surface area contributed by atoms with E-state index in [9.17, 15) is 4.79 Å². The number of nitrogens with zero attached hydrogens (tertiary/aromatic N) is 1. The van der Waals surface area contributed by atoms with Gasteiger partial charge in [0.1, 0.15) is 5.15 Å². The fourth-order valence-electron chi connectivity index (χ4n) is 1.55. The van der Waals surface area contributed by atoms with Gasteiger partial charge in [0.2, 0.25) is 0 Å². The largest absolute Gasteiger partial charge is 0.298 e. The third-order valence-corrected chi connectivity index (χ3v) is 4.95. The van der Waals surface area contributed by atoms with Crippen molar-refractivity contribution in [2.45, 2.75) is 0 Å². The van der Waals surface area contributed by atoms with Gasteiger partial charge in [-0.15, -0.1) is 0 Å². The van der Waals surface area contributed by atoms with Crippen molar-refractivity contribution in [3.8, 4) is 11.3 Å². The molecule has 2 aromatic rings. The smallest absolute Gasteiger partial charge is 0.152 e. The van der Waals surface area contributed by atoms with Gasteiger partial charge < -0.3 is 0 Å². The second-order valence-corrected chi connectivity index (χ2v) is 5.91. The van der Waals surface area contributed by atoms with Gasteiger partial charge in [0.25, 0.3) is 0 Å². The molecule has 2 rings (SSSR count). The van der Waals surface area contributed by atoms with Crippen molar-refractivity contribution in [3.63, 3.8) is 0 Å². The minimum atomic E-state index is 0.0244. The predicted molar refractivity (Wildman–Crippen MR) is 85.1 cm³/mol. The predicted octanol–water partition coefficient (Wildman–Crippen LogP) is 6.48. The first-order valence-electron chi connectivity index (χ1n) is 5.02. The molecule has 0 amide bonds. The first-order chi connectivity index (χ1) is 9.38. The number of aromatic nitrogens is 1. The van der Waals surface area contributed by atoms with Crippen LogP contribution in [-0.2, 0) is 0 Å². The highest BCUT2D eigenvalue weighted by Crippen LogP contribution is 2.48. The lowest BCUT2D eigenvalue weighted by atomic mass is 10.1. The van der Waals surface area contributed by atoms with Crippen LogP contribution in [0.1, 0.15) is 10.4 Å². The van der Waals surface area contributed by atoms with E-state index >= 15 is 0 Å². The number of carbonyl (C=O) groups is 1. The van der Waals surface area contributed by atoms with Crippen LogP contribution < -0.4 is 0 Å². The van der Waals surface area contributed by atoms with Gasteiger partial charge in [-0.05, 0) is 12.1 Å². The number of benzene rings is 1. The highest BCUT2D eigenvalue weighted by atomic mass is 35.5. The van der Waals surface area contributed by atoms with Crippen molar-refractivity contribution in [1.29, 1.82) is 0 Å². The summed E-state index contributed by atoms with van der Waals surface area (Å²) in [6.45, 7) is 0. The van der Waals surface area contributed by atoms with Crippen molar-refractivity contribution in [2.24, 2.45) is 0 Å². The minimum Gasteiger partial charge on any atom is -0.298 e. The summed E-state index contributed by atoms with van der Waals surface area (Å²) in [5, 5.41) is 0.335. The lowest BCUT2D eigenvalue weighted by Gasteiger charge is -2.13. The summed E-state index contributed by atoms with van der Waals surface area (Å²) < 4.78 is 0. The second-order valence-electron chi connectivity index (χ2n) is 3.63. The molecule has 0 N–H and O–H groups in total. The van der Waals surface area contributed by atoms with E-state index in [1.807, 2.05) is 0 Å². The van der Waals surface area contributed by atoms with E-state index in [0.717, 1.165) is 0 Å². The van der Waals surface area contributed by atoms with Crippen molar-refractivity contribution in [1.82, 2.24) is 4.98 Å². The Kier molecular flexibility index (Phi) is 5.06. The molecule has 0 aliphatic heterocycles. The Balaban J connectivity index is 2.90. The standard InChI is InChI=1S/C12H3Cl6NO/c13-5-2-1-4(3-20)12(19-5)6-7(14)9(16)11(18)10(17)8(6)15/h1-3H. The van der Waals surface area contributed by atoms with Gasteiger partial charge in [0.05, 0.1) is 30.8 Å². The topological polar surface area (TPSA) is 30.0 Å². The molecular weight excluding hydrogens is 387 g/mol. The lowest BCUT2D eigenvalue weighted by Crippen LogP contribution is -1.95. The average molecular weight is 390 g/mol. The molecule has 0 bridgehead atoms. The Labute approximate surface area is 144 Å². The fourth-order valence-corrected chi connectivity index (χ4v) is 3.02. The van der Waals surface area contributed by atoms with E-state index in [0.29, 0.717) is 6.29 Å². The van der Waals surface area contributed by atoms with Crippen LogP contribution in [0.15, 0.2) is 12.1 Å². The summed E-state index contributed by atoms with van der Waals surface area (Å²) in [7, 11) is 0. The van der Waals surface area contributed by atoms with Gasteiger partial charge in [-0.2, -0.15) is 0 Å². The van der Waals surface area contributed by atoms with Crippen LogP contribution in [0.5, 0.6) is 0 Å². The van der Waals surface area contributed by atoms with Gasteiger partial charge in [-0.3, -0.25) is 4.79 Å². The first-order valence-corrected chi connectivity index (χ1v) is 7.28. The number of halogens is 6. The van der Waals surface area contributed by atoms with E-state index in [4.69, 9.17) is 69.6 Å². The second kappa shape index (κ2) is 6.27. The molecule has 0 saturated carbocycles. The molecule has 8 heteroatoms. The maximum Gasteiger partial charge on any atom is 0.152 e. The quantitative estimate of drug-likeness (QED) is 0.254. The van der Waals surface area contributed by atoms with Crippen LogP contribution in [0, 0.1) is 0 Å². The molecule has 0 saturated heterocycles. The van der Waals surface area contributed by atoms with Crippen molar-refractivity contribution in [2.75, 3.05) is 0 Å². The zero-order valence-corrected chi connectivity index (χ0v) is 13.9. The van der Waals surface area contributed by atoms with Gasteiger partial charge in [0, 0.05) is 11.1 Å². The van der Waals surface area contributed by atoms with E-state index in [2.05, 4.69) is 4.98 Å². The van der Waals surface area contributed by atoms with Gasteiger partial charge in [-0.1, -0.05) is 69.6 Å². The molecule has 1 aromatic carbocycles. The number of aldehydes is 1. The molecule has 0 aliphatic carbocycles. The van der Waals surface area contributed by atoms with Crippen molar-refractivity contribution in [3.05, 3.63) is 48.0 Å². The molecule has 0 unspecified atom stereocenters. The summed E-state index contributed by atoms with van der Waals surface area (Å²) in [6.07, 6.45) is 0.599. The van der Waals surface area contributed by atoms with Gasteiger partial charge in [-0.25, -0.2) is 4.98 Å². The SMILES string of the molecule is O=Cc1ccc(Cl)nc1-c1c(Cl)c(Cl)c(Cl)c(Cl)c1Cl. The Hall–Kier alpha value is -0.220. The molecule has 0 radical (unpaired) electrons. The van der Waals surface area contributed by atoms with E-state index in [1.54, 1.807) is 0 Å². The molecule has 0 spiro atoms. The maximum absolute atomic E-state index is 11.1. The van der Waals surface area contributed by atoms with Crippen LogP contribution >= 0.6 is 69.6 Å². The van der Waals surface area contributed by atoms with Crippen LogP contribution in [0.2, 0.25) is 30.3 Å². The average Bonchev–Trinajstić information content (AvgIpc) is 2.43. The third kappa shape index (κ3) is 2.74. The molecule has 1 heterocycles. The summed E-state index contributed by atoms with van der Waals surface area (Å²) >= 11 is 36.0. The van der Waals surface area contributed by atoms with Crippen LogP contribution in [0.25, 0.3) is 11.3 Å². The molecule has 0 aliphatic rings. The molecule has 0 atom stereocenters. The van der Waals surface area contributed by atoms with E-state index in [1.165, 1.54) is 12.1 Å². The zero-order valence-electron chi connectivity index (χ0n) is 9.36. The van der Waals surface area contributed by atoms with Gasteiger partial charge in [0.15, 0.2) is 6.29 Å². The fraction of sp³-hybridized carbons (Fsp3) is 0. The number of hydrogen-bond acceptors (Lipinski definition) is 2. The highest BCUT2D eigenvalue weighted by molar-refractivity contribution is 6.56. The molecule has 0 fully saturated rings. The first kappa shape index (κ1) is 16.2. The number of hydrogen-bond donors (Lipinski definition) is 0. The van der Waals surface area contributed by atoms with E-state index in [-0.39, 0.29) is 47.1 Å². The molecule has 1 aromatic heterocycles. The Morgan fingerprint density at radius 3 is 1.80 bits per heavy atom. The summed E-state index contributed by atoms with van der Waals surface area (Å²) in [5.41, 5.74) is 0.632. The number of carbonyl (C=O) groups excluding carboxylic acids is 1. The molecule has 2 nitrogen and oxygen atoms in total. The monoisotopic (exact) mass is 387 g/mol. The summed E-state index contributed by atoms with van der Waals surface area (Å²) in [6, 6.07) is 2.95. The van der Waals surface area contributed by atoms with E-state index < -0.39 is 0 Å².